The molecule has 0 aliphatic carbocycles. The average Bonchev–Trinajstić information content (AvgIpc) is 2.28. The fourth-order valence-electron chi connectivity index (χ4n) is 1.14. The lowest BCUT2D eigenvalue weighted by atomic mass is 10.2. The third-order valence-corrected chi connectivity index (χ3v) is 1.86. The number of aromatic nitrogens is 1. The molecule has 15 heavy (non-hydrogen) atoms. The minimum Gasteiger partial charge on any atom is -0.493 e. The Balaban J connectivity index is 3.08. The lowest BCUT2D eigenvalue weighted by Crippen LogP contribution is -2.19. The van der Waals surface area contributed by atoms with Crippen LogP contribution in [0.3, 0.4) is 0 Å². The number of rotatable bonds is 4. The monoisotopic (exact) mass is 210 g/mol. The van der Waals surface area contributed by atoms with Gasteiger partial charge in [-0.15, -0.1) is 0 Å². The standard InChI is InChI=1S/C10H14N2O3/c1-3-15-9-4-7(6-13)12-5-8(9)10(14)11-2/h4-5,13H,3,6H2,1-2H3,(H,11,14). The van der Waals surface area contributed by atoms with Gasteiger partial charge in [0.05, 0.1) is 24.5 Å². The highest BCUT2D eigenvalue weighted by atomic mass is 16.5. The average molecular weight is 210 g/mol. The van der Waals surface area contributed by atoms with Crippen molar-refractivity contribution in [1.82, 2.24) is 10.3 Å². The van der Waals surface area contributed by atoms with Gasteiger partial charge in [-0.25, -0.2) is 0 Å². The summed E-state index contributed by atoms with van der Waals surface area (Å²) in [7, 11) is 1.54. The molecule has 5 nitrogen and oxygen atoms in total. The molecule has 1 heterocycles. The molecule has 0 aromatic carbocycles. The number of nitrogens with zero attached hydrogens (tertiary/aromatic N) is 1. The van der Waals surface area contributed by atoms with Gasteiger partial charge in [0.2, 0.25) is 0 Å². The van der Waals surface area contributed by atoms with Gasteiger partial charge in [-0.3, -0.25) is 9.78 Å². The summed E-state index contributed by atoms with van der Waals surface area (Å²) >= 11 is 0. The van der Waals surface area contributed by atoms with Crippen LogP contribution in [-0.4, -0.2) is 29.7 Å². The van der Waals surface area contributed by atoms with Crippen molar-refractivity contribution in [2.24, 2.45) is 0 Å². The third-order valence-electron chi connectivity index (χ3n) is 1.86. The molecule has 0 fully saturated rings. The summed E-state index contributed by atoms with van der Waals surface area (Å²) in [6, 6.07) is 1.56. The molecule has 0 atom stereocenters. The van der Waals surface area contributed by atoms with Gasteiger partial charge in [0.25, 0.3) is 5.91 Å². The molecular formula is C10H14N2O3. The van der Waals surface area contributed by atoms with Crippen molar-refractivity contribution in [3.8, 4) is 5.75 Å². The maximum absolute atomic E-state index is 11.4. The van der Waals surface area contributed by atoms with E-state index in [0.717, 1.165) is 0 Å². The fraction of sp³-hybridized carbons (Fsp3) is 0.400. The predicted molar refractivity (Wildman–Crippen MR) is 54.7 cm³/mol. The molecule has 2 N–H and O–H groups in total. The second kappa shape index (κ2) is 5.31. The van der Waals surface area contributed by atoms with Crippen LogP contribution in [0.5, 0.6) is 5.75 Å². The second-order valence-corrected chi connectivity index (χ2v) is 2.84. The van der Waals surface area contributed by atoms with E-state index in [-0.39, 0.29) is 12.5 Å². The topological polar surface area (TPSA) is 71.5 Å². The van der Waals surface area contributed by atoms with Crippen LogP contribution in [0.25, 0.3) is 0 Å². The van der Waals surface area contributed by atoms with Crippen LogP contribution >= 0.6 is 0 Å². The van der Waals surface area contributed by atoms with Crippen LogP contribution in [0, 0.1) is 0 Å². The Kier molecular flexibility index (Phi) is 4.05. The lowest BCUT2D eigenvalue weighted by molar-refractivity contribution is 0.0958. The molecule has 1 aromatic rings. The number of aliphatic hydroxyl groups excluding tert-OH is 1. The van der Waals surface area contributed by atoms with E-state index >= 15 is 0 Å². The molecule has 0 saturated carbocycles. The molecule has 5 heteroatoms. The largest absolute Gasteiger partial charge is 0.493 e. The zero-order valence-corrected chi connectivity index (χ0v) is 8.78. The smallest absolute Gasteiger partial charge is 0.256 e. The van der Waals surface area contributed by atoms with Crippen LogP contribution in [0.15, 0.2) is 12.3 Å². The first-order chi connectivity index (χ1) is 7.22. The van der Waals surface area contributed by atoms with Gasteiger partial charge in [-0.2, -0.15) is 0 Å². The molecule has 1 aromatic heterocycles. The van der Waals surface area contributed by atoms with E-state index in [2.05, 4.69) is 10.3 Å². The van der Waals surface area contributed by atoms with E-state index in [1.54, 1.807) is 6.07 Å². The normalized spacial score (nSPS) is 9.80. The van der Waals surface area contributed by atoms with Crippen LogP contribution in [0.1, 0.15) is 23.0 Å². The van der Waals surface area contributed by atoms with E-state index in [1.807, 2.05) is 6.92 Å². The number of aliphatic hydroxyl groups is 1. The van der Waals surface area contributed by atoms with Gasteiger partial charge in [-0.05, 0) is 6.92 Å². The van der Waals surface area contributed by atoms with Gasteiger partial charge in [-0.1, -0.05) is 0 Å². The first kappa shape index (κ1) is 11.5. The first-order valence-corrected chi connectivity index (χ1v) is 4.67. The van der Waals surface area contributed by atoms with Crippen LogP contribution in [0.2, 0.25) is 0 Å². The van der Waals surface area contributed by atoms with Crippen LogP contribution < -0.4 is 10.1 Å². The summed E-state index contributed by atoms with van der Waals surface area (Å²) in [5.74, 6) is 0.186. The van der Waals surface area contributed by atoms with Crippen molar-refractivity contribution in [1.29, 1.82) is 0 Å². The number of amides is 1. The zero-order chi connectivity index (χ0) is 11.3. The maximum atomic E-state index is 11.4. The molecule has 82 valence electrons. The number of carbonyl (C=O) groups is 1. The highest BCUT2D eigenvalue weighted by molar-refractivity contribution is 5.96. The molecule has 0 aliphatic heterocycles. The molecule has 0 unspecified atom stereocenters. The number of ether oxygens (including phenoxy) is 1. The Bertz CT molecular complexity index is 353. The fourth-order valence-corrected chi connectivity index (χ4v) is 1.14. The summed E-state index contributed by atoms with van der Waals surface area (Å²) in [6.45, 7) is 2.11. The number of hydrogen-bond donors (Lipinski definition) is 2. The van der Waals surface area contributed by atoms with Crippen molar-refractivity contribution in [3.05, 3.63) is 23.5 Å². The van der Waals surface area contributed by atoms with Gasteiger partial charge in [0.15, 0.2) is 0 Å². The van der Waals surface area contributed by atoms with Crippen molar-refractivity contribution in [2.45, 2.75) is 13.5 Å². The van der Waals surface area contributed by atoms with Gasteiger partial charge >= 0.3 is 0 Å². The number of hydrogen-bond acceptors (Lipinski definition) is 4. The Morgan fingerprint density at radius 1 is 1.67 bits per heavy atom. The number of carbonyl (C=O) groups excluding carboxylic acids is 1. The molecule has 0 saturated heterocycles. The minimum atomic E-state index is -0.254. The Morgan fingerprint density at radius 3 is 2.93 bits per heavy atom. The molecule has 0 aliphatic rings. The van der Waals surface area contributed by atoms with Gasteiger partial charge in [0.1, 0.15) is 5.75 Å². The van der Waals surface area contributed by atoms with E-state index in [1.165, 1.54) is 13.2 Å². The first-order valence-electron chi connectivity index (χ1n) is 4.67. The number of pyridine rings is 1. The minimum absolute atomic E-state index is 0.173. The molecule has 0 bridgehead atoms. The molecule has 0 radical (unpaired) electrons. The quantitative estimate of drug-likeness (QED) is 0.751. The van der Waals surface area contributed by atoms with Crippen molar-refractivity contribution >= 4 is 5.91 Å². The summed E-state index contributed by atoms with van der Waals surface area (Å²) < 4.78 is 5.29. The molecule has 1 rings (SSSR count). The summed E-state index contributed by atoms with van der Waals surface area (Å²) in [4.78, 5) is 15.3. The Labute approximate surface area is 88.1 Å². The molecule has 0 spiro atoms. The SMILES string of the molecule is CCOc1cc(CO)ncc1C(=O)NC. The third kappa shape index (κ3) is 2.66. The molecule has 1 amide bonds. The van der Waals surface area contributed by atoms with E-state index in [4.69, 9.17) is 9.84 Å². The van der Waals surface area contributed by atoms with Crippen molar-refractivity contribution in [3.63, 3.8) is 0 Å². The Morgan fingerprint density at radius 2 is 2.40 bits per heavy atom. The van der Waals surface area contributed by atoms with E-state index in [0.29, 0.717) is 23.6 Å². The van der Waals surface area contributed by atoms with Crippen molar-refractivity contribution in [2.75, 3.05) is 13.7 Å². The van der Waals surface area contributed by atoms with Crippen molar-refractivity contribution < 1.29 is 14.6 Å². The van der Waals surface area contributed by atoms with Gasteiger partial charge in [0, 0.05) is 19.3 Å². The van der Waals surface area contributed by atoms with Crippen LogP contribution in [0.4, 0.5) is 0 Å². The maximum Gasteiger partial charge on any atom is 0.256 e. The zero-order valence-electron chi connectivity index (χ0n) is 8.78. The highest BCUT2D eigenvalue weighted by Crippen LogP contribution is 2.18. The van der Waals surface area contributed by atoms with E-state index in [9.17, 15) is 4.79 Å². The summed E-state index contributed by atoms with van der Waals surface area (Å²) in [5, 5.41) is 11.4. The predicted octanol–water partition coefficient (Wildman–Crippen LogP) is 0.332. The summed E-state index contributed by atoms with van der Waals surface area (Å²) in [6.07, 6.45) is 1.40. The second-order valence-electron chi connectivity index (χ2n) is 2.84. The lowest BCUT2D eigenvalue weighted by Gasteiger charge is -2.09. The molecular weight excluding hydrogens is 196 g/mol. The van der Waals surface area contributed by atoms with E-state index < -0.39 is 0 Å². The number of nitrogens with one attached hydrogen (secondary N) is 1. The van der Waals surface area contributed by atoms with Gasteiger partial charge < -0.3 is 15.2 Å². The highest BCUT2D eigenvalue weighted by Gasteiger charge is 2.12. The van der Waals surface area contributed by atoms with Crippen LogP contribution in [-0.2, 0) is 6.61 Å². The summed E-state index contributed by atoms with van der Waals surface area (Å²) in [5.41, 5.74) is 0.850. The Hall–Kier alpha value is -1.62.